The first-order valence-corrected chi connectivity index (χ1v) is 6.60. The molecule has 0 radical (unpaired) electrons. The highest BCUT2D eigenvalue weighted by Crippen LogP contribution is 2.27. The molecule has 1 aliphatic rings. The van der Waals surface area contributed by atoms with Gasteiger partial charge in [-0.3, -0.25) is 4.79 Å². The van der Waals surface area contributed by atoms with E-state index in [1.807, 2.05) is 18.2 Å². The van der Waals surface area contributed by atoms with E-state index in [9.17, 15) is 4.79 Å². The van der Waals surface area contributed by atoms with Gasteiger partial charge in [-0.1, -0.05) is 11.6 Å². The van der Waals surface area contributed by atoms with Gasteiger partial charge in [-0.2, -0.15) is 0 Å². The predicted octanol–water partition coefficient (Wildman–Crippen LogP) is 3.60. The summed E-state index contributed by atoms with van der Waals surface area (Å²) in [5.41, 5.74) is 3.11. The van der Waals surface area contributed by atoms with Gasteiger partial charge in [0.2, 0.25) is 5.78 Å². The Hall–Kier alpha value is -1.32. The summed E-state index contributed by atoms with van der Waals surface area (Å²) < 4.78 is 0.649. The summed E-state index contributed by atoms with van der Waals surface area (Å²) in [6, 6.07) is 9.36. The van der Waals surface area contributed by atoms with Crippen LogP contribution in [0.25, 0.3) is 0 Å². The lowest BCUT2D eigenvalue weighted by Gasteiger charge is -2.02. The molecular weight excluding hydrogens is 254 g/mol. The summed E-state index contributed by atoms with van der Waals surface area (Å²) in [5.74, 6) is 0.0524. The van der Waals surface area contributed by atoms with Crippen molar-refractivity contribution in [1.29, 1.82) is 0 Å². The number of nitrogens with one attached hydrogen (secondary N) is 1. The number of rotatable bonds is 2. The number of halogens is 1. The van der Waals surface area contributed by atoms with Crippen molar-refractivity contribution in [1.82, 2.24) is 0 Å². The Morgan fingerprint density at radius 1 is 1.29 bits per heavy atom. The average molecular weight is 264 g/mol. The topological polar surface area (TPSA) is 29.1 Å². The van der Waals surface area contributed by atoms with E-state index < -0.39 is 0 Å². The van der Waals surface area contributed by atoms with E-state index in [0.717, 1.165) is 24.2 Å². The first-order chi connectivity index (χ1) is 8.24. The average Bonchev–Trinajstić information content (AvgIpc) is 2.95. The van der Waals surface area contributed by atoms with Crippen molar-refractivity contribution in [2.24, 2.45) is 0 Å². The van der Waals surface area contributed by atoms with Crippen molar-refractivity contribution < 1.29 is 4.79 Å². The van der Waals surface area contributed by atoms with Crippen molar-refractivity contribution in [3.8, 4) is 0 Å². The van der Waals surface area contributed by atoms with Gasteiger partial charge < -0.3 is 5.32 Å². The Balaban J connectivity index is 1.97. The molecule has 3 rings (SSSR count). The number of benzene rings is 1. The van der Waals surface area contributed by atoms with Crippen molar-refractivity contribution >= 4 is 34.4 Å². The number of hydrogen-bond donors (Lipinski definition) is 1. The SMILES string of the molecule is O=C(c1ccc2c(c1)CCN2)c1ccc(Cl)s1. The lowest BCUT2D eigenvalue weighted by Crippen LogP contribution is -1.99. The second-order valence-electron chi connectivity index (χ2n) is 3.98. The third-order valence-corrected chi connectivity index (χ3v) is 4.10. The summed E-state index contributed by atoms with van der Waals surface area (Å²) >= 11 is 7.17. The molecule has 4 heteroatoms. The molecule has 1 aliphatic heterocycles. The Morgan fingerprint density at radius 2 is 2.18 bits per heavy atom. The molecule has 0 amide bonds. The van der Waals surface area contributed by atoms with Gasteiger partial charge in [-0.25, -0.2) is 0 Å². The molecule has 2 aromatic rings. The number of ketones is 1. The van der Waals surface area contributed by atoms with E-state index in [-0.39, 0.29) is 5.78 Å². The molecule has 1 aromatic carbocycles. The lowest BCUT2D eigenvalue weighted by atomic mass is 10.0. The van der Waals surface area contributed by atoms with E-state index in [0.29, 0.717) is 9.21 Å². The fourth-order valence-corrected chi connectivity index (χ4v) is 3.03. The molecule has 17 heavy (non-hydrogen) atoms. The molecular formula is C13H10ClNOS. The smallest absolute Gasteiger partial charge is 0.203 e. The van der Waals surface area contributed by atoms with Crippen LogP contribution < -0.4 is 5.32 Å². The zero-order valence-corrected chi connectivity index (χ0v) is 10.6. The second-order valence-corrected chi connectivity index (χ2v) is 5.70. The Kier molecular flexibility index (Phi) is 2.65. The van der Waals surface area contributed by atoms with Crippen LogP contribution in [0.2, 0.25) is 4.34 Å². The summed E-state index contributed by atoms with van der Waals surface area (Å²) in [4.78, 5) is 12.9. The lowest BCUT2D eigenvalue weighted by molar-refractivity contribution is 0.104. The van der Waals surface area contributed by atoms with Crippen LogP contribution in [0.4, 0.5) is 5.69 Å². The normalized spacial score (nSPS) is 13.2. The van der Waals surface area contributed by atoms with Gasteiger partial charge in [0.05, 0.1) is 9.21 Å². The predicted molar refractivity (Wildman–Crippen MR) is 71.4 cm³/mol. The van der Waals surface area contributed by atoms with Gasteiger partial charge >= 0.3 is 0 Å². The maximum Gasteiger partial charge on any atom is 0.203 e. The summed E-state index contributed by atoms with van der Waals surface area (Å²) in [5, 5.41) is 3.28. The molecule has 0 saturated heterocycles. The van der Waals surface area contributed by atoms with Gasteiger partial charge in [0.25, 0.3) is 0 Å². The maximum atomic E-state index is 12.2. The number of hydrogen-bond acceptors (Lipinski definition) is 3. The number of carbonyl (C=O) groups excluding carboxylic acids is 1. The highest BCUT2D eigenvalue weighted by atomic mass is 35.5. The van der Waals surface area contributed by atoms with Gasteiger partial charge in [-0.15, -0.1) is 11.3 Å². The van der Waals surface area contributed by atoms with Gasteiger partial charge in [0, 0.05) is 17.8 Å². The molecule has 0 saturated carbocycles. The minimum absolute atomic E-state index is 0.0524. The third kappa shape index (κ3) is 1.96. The van der Waals surface area contributed by atoms with Crippen molar-refractivity contribution in [3.05, 3.63) is 50.7 Å². The summed E-state index contributed by atoms with van der Waals surface area (Å²) in [6.07, 6.45) is 0.988. The van der Waals surface area contributed by atoms with E-state index in [2.05, 4.69) is 5.32 Å². The number of carbonyl (C=O) groups is 1. The van der Waals surface area contributed by atoms with E-state index >= 15 is 0 Å². The maximum absolute atomic E-state index is 12.2. The third-order valence-electron chi connectivity index (χ3n) is 2.87. The van der Waals surface area contributed by atoms with Crippen molar-refractivity contribution in [2.45, 2.75) is 6.42 Å². The zero-order chi connectivity index (χ0) is 11.8. The van der Waals surface area contributed by atoms with Crippen LogP contribution >= 0.6 is 22.9 Å². The molecule has 86 valence electrons. The molecule has 0 unspecified atom stereocenters. The minimum atomic E-state index is 0.0524. The van der Waals surface area contributed by atoms with Crippen LogP contribution in [0.1, 0.15) is 20.8 Å². The van der Waals surface area contributed by atoms with E-state index in [1.165, 1.54) is 16.9 Å². The first-order valence-electron chi connectivity index (χ1n) is 5.41. The first kappa shape index (κ1) is 10.8. The molecule has 2 heterocycles. The molecule has 1 N–H and O–H groups in total. The van der Waals surface area contributed by atoms with E-state index in [1.54, 1.807) is 12.1 Å². The monoisotopic (exact) mass is 263 g/mol. The molecule has 0 fully saturated rings. The van der Waals surface area contributed by atoms with Crippen molar-refractivity contribution in [3.63, 3.8) is 0 Å². The van der Waals surface area contributed by atoms with Crippen LogP contribution in [-0.4, -0.2) is 12.3 Å². The number of fused-ring (bicyclic) bond motifs is 1. The standard InChI is InChI=1S/C13H10ClNOS/c14-12-4-3-11(17-12)13(16)9-1-2-10-8(7-9)5-6-15-10/h1-4,7,15H,5-6H2. The molecule has 0 spiro atoms. The van der Waals surface area contributed by atoms with E-state index in [4.69, 9.17) is 11.6 Å². The van der Waals surface area contributed by atoms with Crippen molar-refractivity contribution in [2.75, 3.05) is 11.9 Å². The highest BCUT2D eigenvalue weighted by molar-refractivity contribution is 7.18. The number of thiophene rings is 1. The molecule has 0 atom stereocenters. The van der Waals surface area contributed by atoms with Crippen LogP contribution in [0, 0.1) is 0 Å². The molecule has 1 aromatic heterocycles. The molecule has 0 bridgehead atoms. The fourth-order valence-electron chi connectivity index (χ4n) is 2.02. The van der Waals surface area contributed by atoms with Crippen LogP contribution in [-0.2, 0) is 6.42 Å². The molecule has 0 aliphatic carbocycles. The van der Waals surface area contributed by atoms with Crippen LogP contribution in [0.15, 0.2) is 30.3 Å². The minimum Gasteiger partial charge on any atom is -0.384 e. The van der Waals surface area contributed by atoms with Gasteiger partial charge in [0.1, 0.15) is 0 Å². The van der Waals surface area contributed by atoms with Crippen LogP contribution in [0.5, 0.6) is 0 Å². The second kappa shape index (κ2) is 4.17. The quantitative estimate of drug-likeness (QED) is 0.839. The summed E-state index contributed by atoms with van der Waals surface area (Å²) in [7, 11) is 0. The summed E-state index contributed by atoms with van der Waals surface area (Å²) in [6.45, 7) is 0.956. The Morgan fingerprint density at radius 3 is 2.94 bits per heavy atom. The zero-order valence-electron chi connectivity index (χ0n) is 9.00. The fraction of sp³-hybridized carbons (Fsp3) is 0.154. The largest absolute Gasteiger partial charge is 0.384 e. The number of anilines is 1. The highest BCUT2D eigenvalue weighted by Gasteiger charge is 2.15. The Bertz CT molecular complexity index is 591. The van der Waals surface area contributed by atoms with Gasteiger partial charge in [-0.05, 0) is 42.3 Å². The Labute approximate surface area is 108 Å². The molecule has 2 nitrogen and oxygen atoms in total. The van der Waals surface area contributed by atoms with Crippen LogP contribution in [0.3, 0.4) is 0 Å². The van der Waals surface area contributed by atoms with Gasteiger partial charge in [0.15, 0.2) is 0 Å².